The van der Waals surface area contributed by atoms with Crippen LogP contribution in [0.4, 0.5) is 0 Å². The Morgan fingerprint density at radius 1 is 1.47 bits per heavy atom. The highest BCUT2D eigenvalue weighted by Gasteiger charge is 2.37. The van der Waals surface area contributed by atoms with Gasteiger partial charge in [0.25, 0.3) is 10.0 Å². The number of pyridine rings is 1. The number of thioether (sulfide) groups is 1. The fraction of sp³-hybridized carbons (Fsp3) is 0.583. The molecule has 0 atom stereocenters. The lowest BCUT2D eigenvalue weighted by atomic mass is 9.84. The first-order chi connectivity index (χ1) is 9.01. The average Bonchev–Trinajstić information content (AvgIpc) is 2.38. The standard InChI is InChI=1S/C12H18N2O3S2/c1-18-12(5-2-6-12)9-14-19(16,17)11-4-3-10(8-15)7-13-11/h3-4,7,14-15H,2,5-6,8-9H2,1H3. The highest BCUT2D eigenvalue weighted by atomic mass is 32.2. The van der Waals surface area contributed by atoms with Gasteiger partial charge in [0.05, 0.1) is 6.61 Å². The predicted molar refractivity (Wildman–Crippen MR) is 75.4 cm³/mol. The number of hydrogen-bond donors (Lipinski definition) is 2. The molecule has 0 aliphatic heterocycles. The largest absolute Gasteiger partial charge is 0.392 e. The molecule has 5 nitrogen and oxygen atoms in total. The van der Waals surface area contributed by atoms with Gasteiger partial charge in [-0.05, 0) is 30.7 Å². The zero-order chi connectivity index (χ0) is 13.9. The van der Waals surface area contributed by atoms with Crippen LogP contribution in [0.2, 0.25) is 0 Å². The van der Waals surface area contributed by atoms with Crippen LogP contribution in [0, 0.1) is 0 Å². The van der Waals surface area contributed by atoms with Gasteiger partial charge in [0.15, 0.2) is 5.03 Å². The van der Waals surface area contributed by atoms with Crippen LogP contribution in [0.15, 0.2) is 23.4 Å². The molecule has 1 aliphatic rings. The Morgan fingerprint density at radius 2 is 2.21 bits per heavy atom. The highest BCUT2D eigenvalue weighted by Crippen LogP contribution is 2.42. The lowest BCUT2D eigenvalue weighted by Crippen LogP contribution is -2.45. The van der Waals surface area contributed by atoms with Crippen molar-refractivity contribution in [2.24, 2.45) is 0 Å². The smallest absolute Gasteiger partial charge is 0.258 e. The van der Waals surface area contributed by atoms with E-state index in [1.807, 2.05) is 6.26 Å². The van der Waals surface area contributed by atoms with Gasteiger partial charge in [0.2, 0.25) is 0 Å². The van der Waals surface area contributed by atoms with E-state index in [9.17, 15) is 8.42 Å². The average molecular weight is 302 g/mol. The summed E-state index contributed by atoms with van der Waals surface area (Å²) in [4.78, 5) is 3.87. The van der Waals surface area contributed by atoms with Crippen LogP contribution >= 0.6 is 11.8 Å². The molecule has 1 fully saturated rings. The monoisotopic (exact) mass is 302 g/mol. The maximum absolute atomic E-state index is 12.1. The van der Waals surface area contributed by atoms with E-state index in [1.165, 1.54) is 12.3 Å². The predicted octanol–water partition coefficient (Wildman–Crippen LogP) is 1.14. The molecule has 7 heteroatoms. The Bertz CT molecular complexity index is 519. The number of hydrogen-bond acceptors (Lipinski definition) is 5. The fourth-order valence-electron chi connectivity index (χ4n) is 1.99. The first-order valence-electron chi connectivity index (χ1n) is 6.12. The zero-order valence-corrected chi connectivity index (χ0v) is 12.4. The first kappa shape index (κ1) is 14.8. The zero-order valence-electron chi connectivity index (χ0n) is 10.8. The van der Waals surface area contributed by atoms with E-state index in [4.69, 9.17) is 5.11 Å². The van der Waals surface area contributed by atoms with Crippen molar-refractivity contribution in [3.8, 4) is 0 Å². The first-order valence-corrected chi connectivity index (χ1v) is 8.83. The van der Waals surface area contributed by atoms with Crippen molar-refractivity contribution in [1.82, 2.24) is 9.71 Å². The quantitative estimate of drug-likeness (QED) is 0.824. The molecule has 0 aromatic carbocycles. The second kappa shape index (κ2) is 5.78. The number of aliphatic hydroxyl groups excluding tert-OH is 1. The van der Waals surface area contributed by atoms with Crippen LogP contribution in [0.25, 0.3) is 0 Å². The molecule has 0 radical (unpaired) electrons. The Morgan fingerprint density at radius 3 is 2.63 bits per heavy atom. The van der Waals surface area contributed by atoms with Crippen molar-refractivity contribution in [1.29, 1.82) is 0 Å². The van der Waals surface area contributed by atoms with E-state index in [1.54, 1.807) is 17.8 Å². The van der Waals surface area contributed by atoms with Gasteiger partial charge in [0, 0.05) is 17.5 Å². The van der Waals surface area contributed by atoms with Crippen LogP contribution in [0.1, 0.15) is 24.8 Å². The Balaban J connectivity index is 2.05. The molecular formula is C12H18N2O3S2. The van der Waals surface area contributed by atoms with E-state index in [0.717, 1.165) is 19.3 Å². The third kappa shape index (κ3) is 3.28. The maximum Gasteiger partial charge on any atom is 0.258 e. The SMILES string of the molecule is CSC1(CNS(=O)(=O)c2ccc(CO)cn2)CCC1. The summed E-state index contributed by atoms with van der Waals surface area (Å²) in [5.74, 6) is 0. The number of aromatic nitrogens is 1. The lowest BCUT2D eigenvalue weighted by Gasteiger charge is -2.40. The lowest BCUT2D eigenvalue weighted by molar-refractivity contribution is 0.281. The van der Waals surface area contributed by atoms with Gasteiger partial charge in [-0.2, -0.15) is 11.8 Å². The van der Waals surface area contributed by atoms with Gasteiger partial charge in [-0.1, -0.05) is 12.5 Å². The molecule has 0 spiro atoms. The molecule has 1 heterocycles. The molecule has 19 heavy (non-hydrogen) atoms. The van der Waals surface area contributed by atoms with E-state index in [-0.39, 0.29) is 16.4 Å². The number of aliphatic hydroxyl groups is 1. The van der Waals surface area contributed by atoms with Crippen molar-refractivity contribution < 1.29 is 13.5 Å². The number of nitrogens with zero attached hydrogens (tertiary/aromatic N) is 1. The van der Waals surface area contributed by atoms with Gasteiger partial charge in [-0.25, -0.2) is 18.1 Å². The van der Waals surface area contributed by atoms with Gasteiger partial charge < -0.3 is 5.11 Å². The summed E-state index contributed by atoms with van der Waals surface area (Å²) < 4.78 is 26.9. The summed E-state index contributed by atoms with van der Waals surface area (Å²) in [7, 11) is -3.56. The molecule has 0 saturated heterocycles. The third-order valence-electron chi connectivity index (χ3n) is 3.54. The van der Waals surface area contributed by atoms with E-state index >= 15 is 0 Å². The molecule has 106 valence electrons. The summed E-state index contributed by atoms with van der Waals surface area (Å²) >= 11 is 1.72. The summed E-state index contributed by atoms with van der Waals surface area (Å²) in [6.07, 6.45) is 6.65. The van der Waals surface area contributed by atoms with Crippen molar-refractivity contribution >= 4 is 21.8 Å². The minimum Gasteiger partial charge on any atom is -0.392 e. The fourth-order valence-corrected chi connectivity index (χ4v) is 4.05. The molecular weight excluding hydrogens is 284 g/mol. The topological polar surface area (TPSA) is 79.3 Å². The Labute approximate surface area is 117 Å². The van der Waals surface area contributed by atoms with Crippen LogP contribution < -0.4 is 4.72 Å². The van der Waals surface area contributed by atoms with Gasteiger partial charge in [-0.3, -0.25) is 0 Å². The summed E-state index contributed by atoms with van der Waals surface area (Å²) in [5, 5.41) is 8.91. The number of sulfonamides is 1. The second-order valence-corrected chi connectivity index (χ2v) is 7.72. The number of nitrogens with one attached hydrogen (secondary N) is 1. The van der Waals surface area contributed by atoms with E-state index in [2.05, 4.69) is 9.71 Å². The van der Waals surface area contributed by atoms with Crippen molar-refractivity contribution in [2.45, 2.75) is 35.6 Å². The van der Waals surface area contributed by atoms with Gasteiger partial charge >= 0.3 is 0 Å². The molecule has 2 N–H and O–H groups in total. The third-order valence-corrected chi connectivity index (χ3v) is 6.27. The molecule has 0 amide bonds. The molecule has 1 saturated carbocycles. The molecule has 0 bridgehead atoms. The Hall–Kier alpha value is -0.630. The van der Waals surface area contributed by atoms with Crippen molar-refractivity contribution in [3.63, 3.8) is 0 Å². The van der Waals surface area contributed by atoms with Crippen molar-refractivity contribution in [2.75, 3.05) is 12.8 Å². The van der Waals surface area contributed by atoms with Crippen LogP contribution in [0.3, 0.4) is 0 Å². The normalized spacial score (nSPS) is 18.0. The van der Waals surface area contributed by atoms with Crippen LogP contribution in [0.5, 0.6) is 0 Å². The minimum absolute atomic E-state index is 0.000256. The molecule has 2 rings (SSSR count). The summed E-state index contributed by atoms with van der Waals surface area (Å²) in [6.45, 7) is 0.302. The molecule has 1 aromatic rings. The minimum atomic E-state index is -3.56. The Kier molecular flexibility index (Phi) is 4.50. The molecule has 1 aromatic heterocycles. The van der Waals surface area contributed by atoms with Gasteiger partial charge in [0.1, 0.15) is 0 Å². The molecule has 0 unspecified atom stereocenters. The highest BCUT2D eigenvalue weighted by molar-refractivity contribution is 8.00. The van der Waals surface area contributed by atoms with Crippen LogP contribution in [-0.4, -0.2) is 36.1 Å². The van der Waals surface area contributed by atoms with E-state index < -0.39 is 10.0 Å². The molecule has 1 aliphatic carbocycles. The maximum atomic E-state index is 12.1. The summed E-state index contributed by atoms with van der Waals surface area (Å²) in [6, 6.07) is 2.98. The summed E-state index contributed by atoms with van der Waals surface area (Å²) in [5.41, 5.74) is 0.596. The second-order valence-electron chi connectivity index (χ2n) is 4.73. The van der Waals surface area contributed by atoms with Gasteiger partial charge in [-0.15, -0.1) is 0 Å². The number of rotatable bonds is 6. The van der Waals surface area contributed by atoms with Crippen LogP contribution in [-0.2, 0) is 16.6 Å². The van der Waals surface area contributed by atoms with E-state index in [0.29, 0.717) is 12.1 Å². The van der Waals surface area contributed by atoms with Crippen molar-refractivity contribution in [3.05, 3.63) is 23.9 Å².